The predicted octanol–water partition coefficient (Wildman–Crippen LogP) is 2.21. The second-order valence-corrected chi connectivity index (χ2v) is 5.62. The molecule has 2 rings (SSSR count). The van der Waals surface area contributed by atoms with Gasteiger partial charge in [0.25, 0.3) is 0 Å². The van der Waals surface area contributed by atoms with Gasteiger partial charge < -0.3 is 10.6 Å². The highest BCUT2D eigenvalue weighted by Gasteiger charge is 2.26. The molecule has 0 aromatic rings. The zero-order valence-corrected chi connectivity index (χ0v) is 11.0. The normalized spacial score (nSPS) is 33.6. The Labute approximate surface area is 105 Å². The van der Waals surface area contributed by atoms with Crippen molar-refractivity contribution in [3.63, 3.8) is 0 Å². The van der Waals surface area contributed by atoms with E-state index in [0.29, 0.717) is 24.4 Å². The first-order chi connectivity index (χ1) is 8.29. The molecule has 0 bridgehead atoms. The number of hydrogen-bond acceptors (Lipinski definition) is 2. The molecule has 3 nitrogen and oxygen atoms in total. The van der Waals surface area contributed by atoms with Crippen molar-refractivity contribution < 1.29 is 4.79 Å². The zero-order chi connectivity index (χ0) is 12.1. The Morgan fingerprint density at radius 1 is 1.24 bits per heavy atom. The maximum absolute atomic E-state index is 12.0. The first kappa shape index (κ1) is 12.9. The van der Waals surface area contributed by atoms with Crippen LogP contribution in [0.15, 0.2) is 0 Å². The van der Waals surface area contributed by atoms with Crippen molar-refractivity contribution in [2.45, 2.75) is 70.4 Å². The van der Waals surface area contributed by atoms with Gasteiger partial charge in [-0.25, -0.2) is 0 Å². The molecule has 1 aliphatic carbocycles. The van der Waals surface area contributed by atoms with Gasteiger partial charge >= 0.3 is 0 Å². The van der Waals surface area contributed by atoms with E-state index in [0.717, 1.165) is 13.0 Å². The molecule has 3 atom stereocenters. The largest absolute Gasteiger partial charge is 0.353 e. The lowest BCUT2D eigenvalue weighted by atomic mass is 9.83. The van der Waals surface area contributed by atoms with Crippen molar-refractivity contribution in [2.75, 3.05) is 6.54 Å². The molecule has 1 saturated carbocycles. The van der Waals surface area contributed by atoms with Crippen molar-refractivity contribution in [2.24, 2.45) is 5.92 Å². The molecule has 0 radical (unpaired) electrons. The Balaban J connectivity index is 1.75. The van der Waals surface area contributed by atoms with E-state index >= 15 is 0 Å². The molecule has 0 aromatic heterocycles. The summed E-state index contributed by atoms with van der Waals surface area (Å²) >= 11 is 0. The molecule has 1 amide bonds. The van der Waals surface area contributed by atoms with Crippen LogP contribution in [0.4, 0.5) is 0 Å². The third kappa shape index (κ3) is 3.70. The van der Waals surface area contributed by atoms with Crippen molar-refractivity contribution >= 4 is 5.91 Å². The lowest BCUT2D eigenvalue weighted by Gasteiger charge is -2.31. The van der Waals surface area contributed by atoms with Crippen LogP contribution in [0.25, 0.3) is 0 Å². The number of rotatable bonds is 4. The molecule has 17 heavy (non-hydrogen) atoms. The summed E-state index contributed by atoms with van der Waals surface area (Å²) < 4.78 is 0. The van der Waals surface area contributed by atoms with Gasteiger partial charge in [0.1, 0.15) is 0 Å². The van der Waals surface area contributed by atoms with E-state index in [1.54, 1.807) is 0 Å². The fourth-order valence-corrected chi connectivity index (χ4v) is 3.31. The summed E-state index contributed by atoms with van der Waals surface area (Å²) in [5, 5.41) is 6.66. The van der Waals surface area contributed by atoms with Gasteiger partial charge in [0.2, 0.25) is 5.91 Å². The van der Waals surface area contributed by atoms with Crippen LogP contribution in [-0.4, -0.2) is 24.5 Å². The monoisotopic (exact) mass is 238 g/mol. The molecule has 0 aromatic carbocycles. The first-order valence-electron chi connectivity index (χ1n) is 7.32. The average molecular weight is 238 g/mol. The summed E-state index contributed by atoms with van der Waals surface area (Å²) in [5.74, 6) is 0.971. The van der Waals surface area contributed by atoms with E-state index in [1.165, 1.54) is 38.5 Å². The van der Waals surface area contributed by atoms with Crippen LogP contribution in [0.2, 0.25) is 0 Å². The molecule has 2 aliphatic rings. The van der Waals surface area contributed by atoms with E-state index in [9.17, 15) is 4.79 Å². The minimum atomic E-state index is 0.259. The van der Waals surface area contributed by atoms with Gasteiger partial charge in [-0.05, 0) is 38.1 Å². The van der Waals surface area contributed by atoms with Crippen LogP contribution in [0.3, 0.4) is 0 Å². The minimum absolute atomic E-state index is 0.259. The van der Waals surface area contributed by atoms with Crippen LogP contribution >= 0.6 is 0 Å². The first-order valence-corrected chi connectivity index (χ1v) is 7.32. The van der Waals surface area contributed by atoms with Crippen LogP contribution in [0.5, 0.6) is 0 Å². The number of nitrogens with one attached hydrogen (secondary N) is 2. The quantitative estimate of drug-likeness (QED) is 0.788. The van der Waals surface area contributed by atoms with Crippen LogP contribution in [-0.2, 0) is 4.79 Å². The van der Waals surface area contributed by atoms with E-state index in [2.05, 4.69) is 17.6 Å². The van der Waals surface area contributed by atoms with E-state index in [-0.39, 0.29) is 5.91 Å². The summed E-state index contributed by atoms with van der Waals surface area (Å²) in [6.07, 6.45) is 9.36. The van der Waals surface area contributed by atoms with E-state index < -0.39 is 0 Å². The van der Waals surface area contributed by atoms with Crippen molar-refractivity contribution in [1.29, 1.82) is 0 Å². The standard InChI is InChI=1S/C14H26N2O/c1-2-11-6-3-4-8-13(11)16-14(17)10-12-7-5-9-15-12/h11-13,15H,2-10H2,1H3,(H,16,17). The van der Waals surface area contributed by atoms with Gasteiger partial charge in [-0.15, -0.1) is 0 Å². The van der Waals surface area contributed by atoms with Crippen molar-refractivity contribution in [3.8, 4) is 0 Å². The van der Waals surface area contributed by atoms with Gasteiger partial charge in [-0.1, -0.05) is 26.2 Å². The number of carbonyl (C=O) groups excluding carboxylic acids is 1. The Morgan fingerprint density at radius 3 is 2.76 bits per heavy atom. The topological polar surface area (TPSA) is 41.1 Å². The van der Waals surface area contributed by atoms with Crippen LogP contribution in [0.1, 0.15) is 58.3 Å². The number of carbonyl (C=O) groups is 1. The summed E-state index contributed by atoms with van der Waals surface area (Å²) in [5.41, 5.74) is 0. The summed E-state index contributed by atoms with van der Waals surface area (Å²) in [7, 11) is 0. The Kier molecular flexibility index (Phi) is 4.84. The van der Waals surface area contributed by atoms with Crippen molar-refractivity contribution in [3.05, 3.63) is 0 Å². The SMILES string of the molecule is CCC1CCCCC1NC(=O)CC1CCCN1. The van der Waals surface area contributed by atoms with Crippen LogP contribution in [0, 0.1) is 5.92 Å². The third-order valence-electron chi connectivity index (χ3n) is 4.37. The molecule has 3 unspecified atom stereocenters. The second kappa shape index (κ2) is 6.39. The van der Waals surface area contributed by atoms with Gasteiger partial charge in [0.05, 0.1) is 0 Å². The maximum atomic E-state index is 12.0. The molecule has 3 heteroatoms. The molecule has 2 N–H and O–H groups in total. The highest BCUT2D eigenvalue weighted by Crippen LogP contribution is 2.26. The third-order valence-corrected chi connectivity index (χ3v) is 4.37. The highest BCUT2D eigenvalue weighted by atomic mass is 16.1. The summed E-state index contributed by atoms with van der Waals surface area (Å²) in [6.45, 7) is 3.33. The van der Waals surface area contributed by atoms with Gasteiger partial charge in [-0.2, -0.15) is 0 Å². The predicted molar refractivity (Wildman–Crippen MR) is 69.8 cm³/mol. The van der Waals surface area contributed by atoms with E-state index in [4.69, 9.17) is 0 Å². The molecular formula is C14H26N2O. The number of amides is 1. The summed E-state index contributed by atoms with van der Waals surface area (Å²) in [6, 6.07) is 0.876. The van der Waals surface area contributed by atoms with Crippen molar-refractivity contribution in [1.82, 2.24) is 10.6 Å². The fraction of sp³-hybridized carbons (Fsp3) is 0.929. The highest BCUT2D eigenvalue weighted by molar-refractivity contribution is 5.77. The smallest absolute Gasteiger partial charge is 0.221 e. The van der Waals surface area contributed by atoms with Gasteiger partial charge in [0, 0.05) is 18.5 Å². The lowest BCUT2D eigenvalue weighted by Crippen LogP contribution is -2.43. The number of hydrogen-bond donors (Lipinski definition) is 2. The molecule has 1 aliphatic heterocycles. The maximum Gasteiger partial charge on any atom is 0.221 e. The second-order valence-electron chi connectivity index (χ2n) is 5.62. The Bertz CT molecular complexity index is 249. The molecular weight excluding hydrogens is 212 g/mol. The molecule has 2 fully saturated rings. The molecule has 1 saturated heterocycles. The van der Waals surface area contributed by atoms with Gasteiger partial charge in [-0.3, -0.25) is 4.79 Å². The lowest BCUT2D eigenvalue weighted by molar-refractivity contribution is -0.122. The average Bonchev–Trinajstić information content (AvgIpc) is 2.82. The summed E-state index contributed by atoms with van der Waals surface area (Å²) in [4.78, 5) is 12.0. The molecule has 1 heterocycles. The Morgan fingerprint density at radius 2 is 2.06 bits per heavy atom. The Hall–Kier alpha value is -0.570. The minimum Gasteiger partial charge on any atom is -0.353 e. The molecule has 0 spiro atoms. The fourth-order valence-electron chi connectivity index (χ4n) is 3.31. The molecule has 98 valence electrons. The van der Waals surface area contributed by atoms with Gasteiger partial charge in [0.15, 0.2) is 0 Å². The zero-order valence-electron chi connectivity index (χ0n) is 11.0. The van der Waals surface area contributed by atoms with Crippen LogP contribution < -0.4 is 10.6 Å². The van der Waals surface area contributed by atoms with E-state index in [1.807, 2.05) is 0 Å².